The molecular formula is C15H21N3. The van der Waals surface area contributed by atoms with E-state index in [9.17, 15) is 0 Å². The van der Waals surface area contributed by atoms with Gasteiger partial charge in [0.05, 0.1) is 0 Å². The third-order valence-electron chi connectivity index (χ3n) is 3.18. The Labute approximate surface area is 109 Å². The zero-order chi connectivity index (χ0) is 12.8. The lowest BCUT2D eigenvalue weighted by atomic mass is 10.1. The van der Waals surface area contributed by atoms with E-state index in [1.807, 2.05) is 12.4 Å². The van der Waals surface area contributed by atoms with Crippen molar-refractivity contribution < 1.29 is 0 Å². The van der Waals surface area contributed by atoms with Gasteiger partial charge < -0.3 is 9.88 Å². The molecule has 2 heterocycles. The average molecular weight is 243 g/mol. The normalized spacial score (nSPS) is 12.6. The van der Waals surface area contributed by atoms with E-state index in [-0.39, 0.29) is 0 Å². The van der Waals surface area contributed by atoms with Crippen molar-refractivity contribution in [2.75, 3.05) is 0 Å². The van der Waals surface area contributed by atoms with E-state index < -0.39 is 0 Å². The van der Waals surface area contributed by atoms with Gasteiger partial charge in [0.1, 0.15) is 0 Å². The van der Waals surface area contributed by atoms with Crippen LogP contribution in [0, 0.1) is 0 Å². The molecule has 0 fully saturated rings. The largest absolute Gasteiger partial charge is 0.350 e. The third kappa shape index (κ3) is 3.20. The van der Waals surface area contributed by atoms with E-state index in [0.29, 0.717) is 6.04 Å². The molecule has 1 N–H and O–H groups in total. The summed E-state index contributed by atoms with van der Waals surface area (Å²) in [5, 5.41) is 3.55. The fraction of sp³-hybridized carbons (Fsp3) is 0.400. The highest BCUT2D eigenvalue weighted by molar-refractivity contribution is 5.14. The van der Waals surface area contributed by atoms with E-state index in [1.165, 1.54) is 17.7 Å². The summed E-state index contributed by atoms with van der Waals surface area (Å²) in [4.78, 5) is 4.04. The molecule has 3 nitrogen and oxygen atoms in total. The van der Waals surface area contributed by atoms with Gasteiger partial charge in [-0.25, -0.2) is 0 Å². The number of aromatic nitrogens is 2. The van der Waals surface area contributed by atoms with Gasteiger partial charge in [0.15, 0.2) is 0 Å². The molecule has 3 heteroatoms. The van der Waals surface area contributed by atoms with Crippen LogP contribution in [0.25, 0.3) is 0 Å². The molecule has 18 heavy (non-hydrogen) atoms. The number of nitrogens with one attached hydrogen (secondary N) is 1. The molecule has 96 valence electrons. The number of hydrogen-bond donors (Lipinski definition) is 1. The van der Waals surface area contributed by atoms with E-state index in [0.717, 1.165) is 13.1 Å². The smallest absolute Gasteiger partial charge is 0.0364 e. The Morgan fingerprint density at radius 1 is 1.28 bits per heavy atom. The molecule has 0 aliphatic heterocycles. The second kappa shape index (κ2) is 6.36. The average Bonchev–Trinajstić information content (AvgIpc) is 2.85. The van der Waals surface area contributed by atoms with Crippen LogP contribution in [0.3, 0.4) is 0 Å². The number of pyridine rings is 1. The first-order valence-corrected chi connectivity index (χ1v) is 6.58. The lowest BCUT2D eigenvalue weighted by molar-refractivity contribution is 0.541. The second-order valence-electron chi connectivity index (χ2n) is 4.58. The topological polar surface area (TPSA) is 29.9 Å². The highest BCUT2D eigenvalue weighted by Gasteiger charge is 2.05. The minimum Gasteiger partial charge on any atom is -0.350 e. The Balaban J connectivity index is 1.93. The first-order chi connectivity index (χ1) is 8.81. The lowest BCUT2D eigenvalue weighted by Gasteiger charge is -2.15. The van der Waals surface area contributed by atoms with Crippen LogP contribution in [0.5, 0.6) is 0 Å². The van der Waals surface area contributed by atoms with Crippen molar-refractivity contribution in [1.82, 2.24) is 14.9 Å². The molecule has 0 spiro atoms. The molecule has 2 aromatic rings. The van der Waals surface area contributed by atoms with Crippen LogP contribution in [0.1, 0.15) is 37.6 Å². The van der Waals surface area contributed by atoms with Crippen molar-refractivity contribution in [2.24, 2.45) is 0 Å². The molecule has 2 aromatic heterocycles. The molecule has 0 saturated heterocycles. The quantitative estimate of drug-likeness (QED) is 0.844. The van der Waals surface area contributed by atoms with Gasteiger partial charge in [-0.2, -0.15) is 0 Å². The van der Waals surface area contributed by atoms with E-state index >= 15 is 0 Å². The van der Waals surface area contributed by atoms with Crippen LogP contribution < -0.4 is 5.32 Å². The first kappa shape index (κ1) is 12.8. The fourth-order valence-electron chi connectivity index (χ4n) is 2.10. The summed E-state index contributed by atoms with van der Waals surface area (Å²) in [6, 6.07) is 8.76. The Morgan fingerprint density at radius 3 is 2.78 bits per heavy atom. The Kier molecular flexibility index (Phi) is 4.53. The molecule has 0 radical (unpaired) electrons. The zero-order valence-electron chi connectivity index (χ0n) is 11.1. The molecule has 0 aliphatic rings. The zero-order valence-corrected chi connectivity index (χ0v) is 11.1. The maximum absolute atomic E-state index is 4.04. The van der Waals surface area contributed by atoms with Crippen LogP contribution in [0.2, 0.25) is 0 Å². The predicted molar refractivity (Wildman–Crippen MR) is 74.2 cm³/mol. The fourth-order valence-corrected chi connectivity index (χ4v) is 2.10. The number of aryl methyl sites for hydroxylation is 1. The van der Waals surface area contributed by atoms with Gasteiger partial charge in [0, 0.05) is 43.4 Å². The van der Waals surface area contributed by atoms with Gasteiger partial charge in [-0.3, -0.25) is 4.98 Å². The Hall–Kier alpha value is -1.61. The maximum atomic E-state index is 4.04. The van der Waals surface area contributed by atoms with Gasteiger partial charge >= 0.3 is 0 Å². The maximum Gasteiger partial charge on any atom is 0.0364 e. The molecular weight excluding hydrogens is 222 g/mol. The van der Waals surface area contributed by atoms with Gasteiger partial charge in [-0.15, -0.1) is 0 Å². The SMILES string of the molecule is CCCn1cccc1CN[C@H](C)c1ccncc1. The molecule has 0 aliphatic carbocycles. The minimum absolute atomic E-state index is 0.345. The highest BCUT2D eigenvalue weighted by Crippen LogP contribution is 2.12. The Bertz CT molecular complexity index is 462. The van der Waals surface area contributed by atoms with E-state index in [1.54, 1.807) is 0 Å². The third-order valence-corrected chi connectivity index (χ3v) is 3.18. The predicted octanol–water partition coefficient (Wildman–Crippen LogP) is 3.14. The summed E-state index contributed by atoms with van der Waals surface area (Å²) >= 11 is 0. The van der Waals surface area contributed by atoms with Gasteiger partial charge in [0.2, 0.25) is 0 Å². The summed E-state index contributed by atoms with van der Waals surface area (Å²) < 4.78 is 2.31. The van der Waals surface area contributed by atoms with Crippen molar-refractivity contribution in [3.05, 3.63) is 54.1 Å². The monoisotopic (exact) mass is 243 g/mol. The van der Waals surface area contributed by atoms with E-state index in [4.69, 9.17) is 0 Å². The molecule has 0 unspecified atom stereocenters. The standard InChI is InChI=1S/C15H21N3/c1-3-10-18-11-4-5-15(18)12-17-13(2)14-6-8-16-9-7-14/h4-9,11,13,17H,3,10,12H2,1-2H3/t13-/m1/s1. The lowest BCUT2D eigenvalue weighted by Crippen LogP contribution is -2.20. The van der Waals surface area contributed by atoms with Gasteiger partial charge in [-0.1, -0.05) is 6.92 Å². The van der Waals surface area contributed by atoms with Crippen LogP contribution >= 0.6 is 0 Å². The van der Waals surface area contributed by atoms with Crippen LogP contribution in [-0.4, -0.2) is 9.55 Å². The highest BCUT2D eigenvalue weighted by atomic mass is 15.0. The summed E-state index contributed by atoms with van der Waals surface area (Å²) in [6.45, 7) is 6.38. The summed E-state index contributed by atoms with van der Waals surface area (Å²) in [5.74, 6) is 0. The van der Waals surface area contributed by atoms with Crippen molar-refractivity contribution in [2.45, 2.75) is 39.4 Å². The van der Waals surface area contributed by atoms with E-state index in [2.05, 4.69) is 59.2 Å². The second-order valence-corrected chi connectivity index (χ2v) is 4.58. The molecule has 0 amide bonds. The van der Waals surface area contributed by atoms with Crippen LogP contribution in [-0.2, 0) is 13.1 Å². The first-order valence-electron chi connectivity index (χ1n) is 6.58. The summed E-state index contributed by atoms with van der Waals surface area (Å²) in [7, 11) is 0. The Morgan fingerprint density at radius 2 is 2.06 bits per heavy atom. The van der Waals surface area contributed by atoms with Crippen molar-refractivity contribution in [1.29, 1.82) is 0 Å². The number of rotatable bonds is 6. The van der Waals surface area contributed by atoms with Gasteiger partial charge in [0.25, 0.3) is 0 Å². The molecule has 1 atom stereocenters. The summed E-state index contributed by atoms with van der Waals surface area (Å²) in [6.07, 6.45) is 7.00. The minimum atomic E-state index is 0.345. The summed E-state index contributed by atoms with van der Waals surface area (Å²) in [5.41, 5.74) is 2.62. The van der Waals surface area contributed by atoms with Crippen LogP contribution in [0.15, 0.2) is 42.9 Å². The molecule has 0 saturated carbocycles. The molecule has 2 rings (SSSR count). The van der Waals surface area contributed by atoms with Crippen LogP contribution in [0.4, 0.5) is 0 Å². The van der Waals surface area contributed by atoms with Crippen molar-refractivity contribution in [3.63, 3.8) is 0 Å². The molecule has 0 aromatic carbocycles. The number of nitrogens with zero attached hydrogens (tertiary/aromatic N) is 2. The number of hydrogen-bond acceptors (Lipinski definition) is 2. The van der Waals surface area contributed by atoms with Gasteiger partial charge in [-0.05, 0) is 43.2 Å². The van der Waals surface area contributed by atoms with Crippen molar-refractivity contribution in [3.8, 4) is 0 Å². The molecule has 0 bridgehead atoms. The van der Waals surface area contributed by atoms with Crippen molar-refractivity contribution >= 4 is 0 Å².